The number of aryl methyl sites for hydroxylation is 1. The Bertz CT molecular complexity index is 1610. The number of carbonyl (C=O) groups is 1. The molecular formula is C29H27N3O5. The number of nitrogens with zero attached hydrogens (tertiary/aromatic N) is 1. The summed E-state index contributed by atoms with van der Waals surface area (Å²) in [5, 5.41) is 3.76. The second-order valence-electron chi connectivity index (χ2n) is 8.80. The van der Waals surface area contributed by atoms with E-state index in [1.807, 2.05) is 54.6 Å². The van der Waals surface area contributed by atoms with Gasteiger partial charge < -0.3 is 24.2 Å². The number of fused-ring (bicyclic) bond motifs is 2. The smallest absolute Gasteiger partial charge is 0.340 e. The summed E-state index contributed by atoms with van der Waals surface area (Å²) in [5.74, 6) is 1.13. The van der Waals surface area contributed by atoms with Gasteiger partial charge in [-0.05, 0) is 48.7 Å². The monoisotopic (exact) mass is 497 g/mol. The highest BCUT2D eigenvalue weighted by Gasteiger charge is 2.23. The van der Waals surface area contributed by atoms with Crippen molar-refractivity contribution < 1.29 is 18.7 Å². The van der Waals surface area contributed by atoms with Crippen LogP contribution in [0.4, 0.5) is 0 Å². The topological polar surface area (TPSA) is 106 Å². The fourth-order valence-electron chi connectivity index (χ4n) is 4.58. The summed E-state index contributed by atoms with van der Waals surface area (Å²) in [6, 6.07) is 20.7. The number of para-hydroxylation sites is 2. The lowest BCUT2D eigenvalue weighted by atomic mass is 10.0. The van der Waals surface area contributed by atoms with Gasteiger partial charge in [-0.1, -0.05) is 42.5 Å². The second kappa shape index (κ2) is 10.2. The van der Waals surface area contributed by atoms with Crippen molar-refractivity contribution in [1.29, 1.82) is 0 Å². The summed E-state index contributed by atoms with van der Waals surface area (Å²) >= 11 is 0. The highest BCUT2D eigenvalue weighted by molar-refractivity contribution is 5.90. The Labute approximate surface area is 213 Å². The first kappa shape index (κ1) is 24.1. The first-order valence-electron chi connectivity index (χ1n) is 11.9. The minimum absolute atomic E-state index is 0.135. The van der Waals surface area contributed by atoms with Gasteiger partial charge in [-0.2, -0.15) is 0 Å². The van der Waals surface area contributed by atoms with Crippen LogP contribution >= 0.6 is 0 Å². The molecule has 0 aliphatic carbocycles. The van der Waals surface area contributed by atoms with Crippen LogP contribution < -0.4 is 20.4 Å². The number of H-pyrrole nitrogens is 1. The molecule has 5 rings (SSSR count). The predicted molar refractivity (Wildman–Crippen MR) is 141 cm³/mol. The Hall–Kier alpha value is -4.59. The average molecular weight is 498 g/mol. The van der Waals surface area contributed by atoms with Gasteiger partial charge in [0.2, 0.25) is 11.7 Å². The molecule has 188 valence electrons. The number of imidazole rings is 1. The van der Waals surface area contributed by atoms with Crippen molar-refractivity contribution in [3.8, 4) is 11.5 Å². The second-order valence-corrected chi connectivity index (χ2v) is 8.80. The summed E-state index contributed by atoms with van der Waals surface area (Å²) in [6.07, 6.45) is 0.401. The van der Waals surface area contributed by atoms with Gasteiger partial charge in [0.25, 0.3) is 0 Å². The SMILES string of the molecule is COc1ccc2c(C)c(CC(=O)N[C@@H](Cc3ccccc3)c3nc4ccccc4[nH]3)c(=O)oc2c1OC. The molecule has 1 amide bonds. The maximum Gasteiger partial charge on any atom is 0.340 e. The van der Waals surface area contributed by atoms with Gasteiger partial charge in [0.05, 0.1) is 43.3 Å². The largest absolute Gasteiger partial charge is 0.493 e. The van der Waals surface area contributed by atoms with Gasteiger partial charge in [-0.15, -0.1) is 0 Å². The van der Waals surface area contributed by atoms with E-state index in [9.17, 15) is 9.59 Å². The standard InChI is InChI=1S/C29H27N3O5/c1-17-19-13-14-24(35-2)27(36-3)26(19)37-29(34)20(17)16-25(33)30-23(15-18-9-5-4-6-10-18)28-31-21-11-7-8-12-22(21)32-28/h4-14,23H,15-16H2,1-3H3,(H,30,33)(H,31,32)/t23-/m0/s1. The first-order valence-corrected chi connectivity index (χ1v) is 11.9. The minimum atomic E-state index is -0.588. The number of amides is 1. The number of aromatic amines is 1. The molecule has 2 heterocycles. The molecule has 0 saturated heterocycles. The van der Waals surface area contributed by atoms with Gasteiger partial charge in [-0.25, -0.2) is 9.78 Å². The van der Waals surface area contributed by atoms with E-state index in [1.165, 1.54) is 14.2 Å². The zero-order valence-electron chi connectivity index (χ0n) is 20.8. The molecule has 0 aliphatic heterocycles. The van der Waals surface area contributed by atoms with Crippen LogP contribution in [0.15, 0.2) is 75.9 Å². The molecule has 3 aromatic carbocycles. The molecular weight excluding hydrogens is 470 g/mol. The van der Waals surface area contributed by atoms with Crippen LogP contribution in [0, 0.1) is 6.92 Å². The van der Waals surface area contributed by atoms with Crippen molar-refractivity contribution in [2.45, 2.75) is 25.8 Å². The minimum Gasteiger partial charge on any atom is -0.493 e. The molecule has 2 aromatic heterocycles. The molecule has 8 heteroatoms. The van der Waals surface area contributed by atoms with Crippen LogP contribution in [0.5, 0.6) is 11.5 Å². The lowest BCUT2D eigenvalue weighted by molar-refractivity contribution is -0.121. The molecule has 0 unspecified atom stereocenters. The highest BCUT2D eigenvalue weighted by atomic mass is 16.5. The summed E-state index contributed by atoms with van der Waals surface area (Å²) < 4.78 is 16.3. The predicted octanol–water partition coefficient (Wildman–Crippen LogP) is 4.64. The average Bonchev–Trinajstić information content (AvgIpc) is 3.35. The molecule has 0 fully saturated rings. The number of rotatable bonds is 8. The number of nitrogens with one attached hydrogen (secondary N) is 2. The molecule has 8 nitrogen and oxygen atoms in total. The number of carbonyl (C=O) groups excluding carboxylic acids is 1. The van der Waals surface area contributed by atoms with E-state index >= 15 is 0 Å². The summed E-state index contributed by atoms with van der Waals surface area (Å²) in [6.45, 7) is 1.80. The molecule has 0 bridgehead atoms. The number of aromatic nitrogens is 2. The number of hydrogen-bond acceptors (Lipinski definition) is 6. The number of ether oxygens (including phenoxy) is 2. The Balaban J connectivity index is 1.46. The van der Waals surface area contributed by atoms with Crippen molar-refractivity contribution in [2.24, 2.45) is 0 Å². The Kier molecular flexibility index (Phi) is 6.64. The van der Waals surface area contributed by atoms with Crippen LogP contribution in [-0.2, 0) is 17.6 Å². The van der Waals surface area contributed by atoms with E-state index < -0.39 is 11.7 Å². The van der Waals surface area contributed by atoms with E-state index in [2.05, 4.69) is 10.3 Å². The third-order valence-corrected chi connectivity index (χ3v) is 6.49. The van der Waals surface area contributed by atoms with Crippen molar-refractivity contribution in [3.63, 3.8) is 0 Å². The normalized spacial score (nSPS) is 12.0. The molecule has 0 radical (unpaired) electrons. The molecule has 37 heavy (non-hydrogen) atoms. The maximum absolute atomic E-state index is 13.3. The van der Waals surface area contributed by atoms with Crippen LogP contribution in [0.3, 0.4) is 0 Å². The van der Waals surface area contributed by atoms with Crippen LogP contribution in [0.25, 0.3) is 22.0 Å². The summed E-state index contributed by atoms with van der Waals surface area (Å²) in [4.78, 5) is 34.3. The fraction of sp³-hybridized carbons (Fsp3) is 0.207. The zero-order chi connectivity index (χ0) is 25.9. The van der Waals surface area contributed by atoms with Crippen LogP contribution in [-0.4, -0.2) is 30.1 Å². The Morgan fingerprint density at radius 2 is 1.78 bits per heavy atom. The lowest BCUT2D eigenvalue weighted by Crippen LogP contribution is -2.33. The van der Waals surface area contributed by atoms with Gasteiger partial charge in [-0.3, -0.25) is 4.79 Å². The quantitative estimate of drug-likeness (QED) is 0.303. The Morgan fingerprint density at radius 3 is 2.51 bits per heavy atom. The van der Waals surface area contributed by atoms with E-state index in [0.29, 0.717) is 40.3 Å². The third kappa shape index (κ3) is 4.78. The third-order valence-electron chi connectivity index (χ3n) is 6.49. The van der Waals surface area contributed by atoms with E-state index in [0.717, 1.165) is 16.6 Å². The summed E-state index contributed by atoms with van der Waals surface area (Å²) in [5.41, 5.74) is 3.41. The van der Waals surface area contributed by atoms with E-state index in [-0.39, 0.29) is 17.9 Å². The molecule has 0 aliphatic rings. The van der Waals surface area contributed by atoms with Gasteiger partial charge in [0.1, 0.15) is 5.82 Å². The maximum atomic E-state index is 13.3. The van der Waals surface area contributed by atoms with Crippen LogP contribution in [0.2, 0.25) is 0 Å². The molecule has 1 atom stereocenters. The zero-order valence-corrected chi connectivity index (χ0v) is 20.8. The Morgan fingerprint density at radius 1 is 1.03 bits per heavy atom. The molecule has 0 spiro atoms. The number of methoxy groups -OCH3 is 2. The van der Waals surface area contributed by atoms with Crippen molar-refractivity contribution in [1.82, 2.24) is 15.3 Å². The number of benzene rings is 3. The number of hydrogen-bond donors (Lipinski definition) is 2. The first-order chi connectivity index (χ1) is 18.0. The van der Waals surface area contributed by atoms with Crippen molar-refractivity contribution in [2.75, 3.05) is 14.2 Å². The van der Waals surface area contributed by atoms with E-state index in [1.54, 1.807) is 19.1 Å². The molecule has 0 saturated carbocycles. The molecule has 5 aromatic rings. The van der Waals surface area contributed by atoms with Crippen molar-refractivity contribution >= 4 is 27.9 Å². The van der Waals surface area contributed by atoms with Crippen molar-refractivity contribution in [3.05, 3.63) is 99.7 Å². The van der Waals surface area contributed by atoms with Gasteiger partial charge >= 0.3 is 5.63 Å². The lowest BCUT2D eigenvalue weighted by Gasteiger charge is -2.18. The summed E-state index contributed by atoms with van der Waals surface area (Å²) in [7, 11) is 3.00. The molecule has 2 N–H and O–H groups in total. The van der Waals surface area contributed by atoms with Gasteiger partial charge in [0, 0.05) is 5.39 Å². The highest BCUT2D eigenvalue weighted by Crippen LogP contribution is 2.36. The van der Waals surface area contributed by atoms with Crippen LogP contribution in [0.1, 0.15) is 28.6 Å². The van der Waals surface area contributed by atoms with Gasteiger partial charge in [0.15, 0.2) is 11.3 Å². The fourth-order valence-corrected chi connectivity index (χ4v) is 4.58. The van der Waals surface area contributed by atoms with E-state index in [4.69, 9.17) is 18.9 Å².